The second-order valence-corrected chi connectivity index (χ2v) is 5.62. The summed E-state index contributed by atoms with van der Waals surface area (Å²) in [6, 6.07) is 3.81. The molecule has 0 atom stereocenters. The Labute approximate surface area is 157 Å². The maximum absolute atomic E-state index is 5.56. The summed E-state index contributed by atoms with van der Waals surface area (Å²) in [5, 5.41) is 6.51. The molecule has 0 heterocycles. The highest BCUT2D eigenvalue weighted by molar-refractivity contribution is 5.79. The first-order valence-corrected chi connectivity index (χ1v) is 9.08. The Bertz CT molecular complexity index is 525. The van der Waals surface area contributed by atoms with Crippen LogP contribution < -0.4 is 24.8 Å². The van der Waals surface area contributed by atoms with Crippen molar-refractivity contribution in [3.63, 3.8) is 0 Å². The molecule has 1 aromatic rings. The van der Waals surface area contributed by atoms with E-state index in [4.69, 9.17) is 18.9 Å². The number of ether oxygens (including phenoxy) is 4. The maximum Gasteiger partial charge on any atom is 0.203 e. The lowest BCUT2D eigenvalue weighted by atomic mass is 10.2. The van der Waals surface area contributed by atoms with E-state index in [2.05, 4.69) is 22.5 Å². The zero-order chi connectivity index (χ0) is 19.2. The van der Waals surface area contributed by atoms with Crippen LogP contribution in [0.15, 0.2) is 17.1 Å². The summed E-state index contributed by atoms with van der Waals surface area (Å²) in [6.45, 7) is 7.65. The fraction of sp³-hybridized carbons (Fsp3) is 0.632. The van der Waals surface area contributed by atoms with Crippen molar-refractivity contribution in [3.05, 3.63) is 17.7 Å². The smallest absolute Gasteiger partial charge is 0.203 e. The summed E-state index contributed by atoms with van der Waals surface area (Å²) in [7, 11) is 4.80. The van der Waals surface area contributed by atoms with Gasteiger partial charge in [-0.3, -0.25) is 0 Å². The van der Waals surface area contributed by atoms with E-state index < -0.39 is 0 Å². The number of methoxy groups -OCH3 is 3. The fourth-order valence-corrected chi connectivity index (χ4v) is 2.33. The Morgan fingerprint density at radius 1 is 0.962 bits per heavy atom. The maximum atomic E-state index is 5.56. The van der Waals surface area contributed by atoms with Crippen LogP contribution in [0.3, 0.4) is 0 Å². The average molecular weight is 367 g/mol. The Morgan fingerprint density at radius 2 is 1.65 bits per heavy atom. The number of benzene rings is 1. The van der Waals surface area contributed by atoms with Crippen molar-refractivity contribution in [2.45, 2.75) is 33.2 Å². The van der Waals surface area contributed by atoms with Gasteiger partial charge in [-0.25, -0.2) is 4.99 Å². The van der Waals surface area contributed by atoms with Crippen LogP contribution in [0.5, 0.6) is 17.2 Å². The van der Waals surface area contributed by atoms with Crippen molar-refractivity contribution in [1.29, 1.82) is 0 Å². The predicted molar refractivity (Wildman–Crippen MR) is 105 cm³/mol. The molecule has 0 aliphatic rings. The minimum absolute atomic E-state index is 0.489. The lowest BCUT2D eigenvalue weighted by molar-refractivity contribution is 0.136. The Balaban J connectivity index is 2.70. The predicted octanol–water partition coefficient (Wildman–Crippen LogP) is 2.58. The number of nitrogens with one attached hydrogen (secondary N) is 2. The van der Waals surface area contributed by atoms with Gasteiger partial charge in [0.05, 0.1) is 34.5 Å². The van der Waals surface area contributed by atoms with Crippen LogP contribution in [0, 0.1) is 0 Å². The summed E-state index contributed by atoms with van der Waals surface area (Å²) in [5.74, 6) is 2.58. The normalized spacial score (nSPS) is 11.2. The lowest BCUT2D eigenvalue weighted by Crippen LogP contribution is -2.39. The number of rotatable bonds is 12. The third kappa shape index (κ3) is 7.39. The molecule has 148 valence electrons. The van der Waals surface area contributed by atoms with Gasteiger partial charge < -0.3 is 29.6 Å². The topological polar surface area (TPSA) is 73.3 Å². The summed E-state index contributed by atoms with van der Waals surface area (Å²) in [4.78, 5) is 4.61. The number of unbranched alkanes of at least 4 members (excludes halogenated alkanes) is 1. The molecule has 0 saturated heterocycles. The van der Waals surface area contributed by atoms with E-state index in [0.29, 0.717) is 36.9 Å². The molecule has 0 fully saturated rings. The number of hydrogen-bond acceptors (Lipinski definition) is 5. The van der Waals surface area contributed by atoms with E-state index in [9.17, 15) is 0 Å². The SMILES string of the molecule is CCCCOCCNC(=NCc1cc(OC)c(OC)c(OC)c1)NCC. The quantitative estimate of drug-likeness (QED) is 0.336. The molecule has 2 N–H and O–H groups in total. The largest absolute Gasteiger partial charge is 0.493 e. The molecular weight excluding hydrogens is 334 g/mol. The first-order valence-electron chi connectivity index (χ1n) is 9.08. The van der Waals surface area contributed by atoms with Crippen LogP contribution in [-0.2, 0) is 11.3 Å². The van der Waals surface area contributed by atoms with Gasteiger partial charge in [0, 0.05) is 19.7 Å². The van der Waals surface area contributed by atoms with E-state index in [1.54, 1.807) is 21.3 Å². The summed E-state index contributed by atoms with van der Waals surface area (Å²) in [5.41, 5.74) is 0.968. The molecule has 0 bridgehead atoms. The highest BCUT2D eigenvalue weighted by atomic mass is 16.5. The van der Waals surface area contributed by atoms with Crippen molar-refractivity contribution in [1.82, 2.24) is 10.6 Å². The fourth-order valence-electron chi connectivity index (χ4n) is 2.33. The molecular formula is C19H33N3O4. The summed E-state index contributed by atoms with van der Waals surface area (Å²) < 4.78 is 21.7. The first kappa shape index (κ1) is 21.9. The molecule has 26 heavy (non-hydrogen) atoms. The molecule has 0 unspecified atom stereocenters. The van der Waals surface area contributed by atoms with Gasteiger partial charge in [-0.05, 0) is 31.0 Å². The minimum atomic E-state index is 0.489. The molecule has 0 aromatic heterocycles. The molecule has 0 amide bonds. The minimum Gasteiger partial charge on any atom is -0.493 e. The number of aliphatic imine (C=N–C) groups is 1. The van der Waals surface area contributed by atoms with E-state index in [1.165, 1.54) is 0 Å². The van der Waals surface area contributed by atoms with Gasteiger partial charge >= 0.3 is 0 Å². The van der Waals surface area contributed by atoms with Crippen LogP contribution in [0.4, 0.5) is 0 Å². The number of hydrogen-bond donors (Lipinski definition) is 2. The van der Waals surface area contributed by atoms with Crippen molar-refractivity contribution < 1.29 is 18.9 Å². The van der Waals surface area contributed by atoms with Gasteiger partial charge in [-0.2, -0.15) is 0 Å². The van der Waals surface area contributed by atoms with E-state index in [-0.39, 0.29) is 0 Å². The monoisotopic (exact) mass is 367 g/mol. The van der Waals surface area contributed by atoms with Gasteiger partial charge in [0.15, 0.2) is 17.5 Å². The molecule has 0 aliphatic heterocycles. The van der Waals surface area contributed by atoms with E-state index >= 15 is 0 Å². The zero-order valence-electron chi connectivity index (χ0n) is 16.7. The molecule has 0 saturated carbocycles. The third-order valence-corrected chi connectivity index (χ3v) is 3.67. The van der Waals surface area contributed by atoms with Crippen LogP contribution in [0.25, 0.3) is 0 Å². The van der Waals surface area contributed by atoms with Crippen molar-refractivity contribution in [2.24, 2.45) is 4.99 Å². The third-order valence-electron chi connectivity index (χ3n) is 3.67. The van der Waals surface area contributed by atoms with Gasteiger partial charge in [-0.15, -0.1) is 0 Å². The standard InChI is InChI=1S/C19H33N3O4/c1-6-8-10-26-11-9-21-19(20-7-2)22-14-15-12-16(23-3)18(25-5)17(13-15)24-4/h12-13H,6-11,14H2,1-5H3,(H2,20,21,22). The van der Waals surface area contributed by atoms with Crippen LogP contribution in [0.2, 0.25) is 0 Å². The Morgan fingerprint density at radius 3 is 2.19 bits per heavy atom. The van der Waals surface area contributed by atoms with Crippen LogP contribution >= 0.6 is 0 Å². The van der Waals surface area contributed by atoms with Gasteiger partial charge in [0.1, 0.15) is 0 Å². The highest BCUT2D eigenvalue weighted by Crippen LogP contribution is 2.38. The molecule has 0 spiro atoms. The molecule has 7 heteroatoms. The van der Waals surface area contributed by atoms with Crippen LogP contribution in [-0.4, -0.2) is 53.6 Å². The van der Waals surface area contributed by atoms with Crippen molar-refractivity contribution in [2.75, 3.05) is 47.6 Å². The van der Waals surface area contributed by atoms with Crippen LogP contribution in [0.1, 0.15) is 32.3 Å². The van der Waals surface area contributed by atoms with Crippen molar-refractivity contribution >= 4 is 5.96 Å². The highest BCUT2D eigenvalue weighted by Gasteiger charge is 2.13. The molecule has 7 nitrogen and oxygen atoms in total. The Kier molecular flexibility index (Phi) is 11.0. The average Bonchev–Trinajstić information content (AvgIpc) is 2.67. The molecule has 1 rings (SSSR count). The number of nitrogens with zero attached hydrogens (tertiary/aromatic N) is 1. The zero-order valence-corrected chi connectivity index (χ0v) is 16.7. The van der Waals surface area contributed by atoms with Gasteiger partial charge in [0.25, 0.3) is 0 Å². The molecule has 0 radical (unpaired) electrons. The summed E-state index contributed by atoms with van der Waals surface area (Å²) >= 11 is 0. The molecule has 0 aliphatic carbocycles. The van der Waals surface area contributed by atoms with E-state index in [0.717, 1.165) is 37.5 Å². The van der Waals surface area contributed by atoms with Gasteiger partial charge in [0.2, 0.25) is 5.75 Å². The first-order chi connectivity index (χ1) is 12.7. The van der Waals surface area contributed by atoms with Crippen molar-refractivity contribution in [3.8, 4) is 17.2 Å². The summed E-state index contributed by atoms with van der Waals surface area (Å²) in [6.07, 6.45) is 2.24. The Hall–Kier alpha value is -2.15. The number of guanidine groups is 1. The van der Waals surface area contributed by atoms with Gasteiger partial charge in [-0.1, -0.05) is 13.3 Å². The molecule has 1 aromatic carbocycles. The second-order valence-electron chi connectivity index (χ2n) is 5.62. The lowest BCUT2D eigenvalue weighted by Gasteiger charge is -2.14. The second kappa shape index (κ2) is 13.1. The van der Waals surface area contributed by atoms with E-state index in [1.807, 2.05) is 19.1 Å².